The van der Waals surface area contributed by atoms with Crippen LogP contribution in [0.2, 0.25) is 0 Å². The number of nitro benzene ring substituents is 1. The molecular weight excluding hydrogens is 356 g/mol. The fourth-order valence-electron chi connectivity index (χ4n) is 4.23. The summed E-state index contributed by atoms with van der Waals surface area (Å²) in [7, 11) is 0. The van der Waals surface area contributed by atoms with Gasteiger partial charge in [-0.05, 0) is 35.8 Å². The third kappa shape index (κ3) is 4.65. The van der Waals surface area contributed by atoms with Gasteiger partial charge in [0.2, 0.25) is 0 Å². The van der Waals surface area contributed by atoms with Gasteiger partial charge in [-0.25, -0.2) is 0 Å². The highest BCUT2D eigenvalue weighted by atomic mass is 16.6. The minimum absolute atomic E-state index is 0.0528. The van der Waals surface area contributed by atoms with E-state index < -0.39 is 0 Å². The molecule has 0 saturated heterocycles. The van der Waals surface area contributed by atoms with Gasteiger partial charge in [-0.1, -0.05) is 47.6 Å². The molecule has 0 unspecified atom stereocenters. The Balaban J connectivity index is 2.40. The van der Waals surface area contributed by atoms with Crippen LogP contribution in [0.15, 0.2) is 18.2 Å². The lowest BCUT2D eigenvalue weighted by Crippen LogP contribution is -2.31. The molecule has 1 aliphatic carbocycles. The minimum atomic E-state index is -0.304. The van der Waals surface area contributed by atoms with Crippen molar-refractivity contribution in [3.63, 3.8) is 0 Å². The van der Waals surface area contributed by atoms with Crippen LogP contribution in [0.3, 0.4) is 0 Å². The lowest BCUT2D eigenvalue weighted by atomic mass is 10.0. The number of esters is 1. The number of hydrogen-bond acceptors (Lipinski definition) is 5. The second-order valence-electron chi connectivity index (χ2n) is 9.23. The molecule has 156 valence electrons. The Kier molecular flexibility index (Phi) is 6.73. The number of nitrogens with zero attached hydrogens (tertiary/aromatic N) is 2. The van der Waals surface area contributed by atoms with Crippen molar-refractivity contribution in [3.05, 3.63) is 33.9 Å². The van der Waals surface area contributed by atoms with E-state index in [-0.39, 0.29) is 33.8 Å². The van der Waals surface area contributed by atoms with E-state index in [1.54, 1.807) is 13.0 Å². The fraction of sp³-hybridized carbons (Fsp3) is 0.682. The Labute approximate surface area is 168 Å². The number of ether oxygens (including phenoxy) is 1. The van der Waals surface area contributed by atoms with Gasteiger partial charge >= 0.3 is 5.97 Å². The number of hydrogen-bond donors (Lipinski definition) is 0. The van der Waals surface area contributed by atoms with Gasteiger partial charge in [-0.2, -0.15) is 0 Å². The third-order valence-corrected chi connectivity index (χ3v) is 5.43. The average Bonchev–Trinajstić information content (AvgIpc) is 3.15. The lowest BCUT2D eigenvalue weighted by molar-refractivity contribution is -0.384. The van der Waals surface area contributed by atoms with Gasteiger partial charge in [-0.15, -0.1) is 0 Å². The highest BCUT2D eigenvalue weighted by Crippen LogP contribution is 2.65. The van der Waals surface area contributed by atoms with E-state index in [0.717, 1.165) is 18.7 Å². The van der Waals surface area contributed by atoms with Crippen molar-refractivity contribution >= 4 is 17.3 Å². The van der Waals surface area contributed by atoms with Crippen molar-refractivity contribution in [2.24, 2.45) is 23.2 Å². The Morgan fingerprint density at radius 3 is 2.25 bits per heavy atom. The van der Waals surface area contributed by atoms with Gasteiger partial charge in [0.1, 0.15) is 5.69 Å². The molecule has 28 heavy (non-hydrogen) atoms. The van der Waals surface area contributed by atoms with Crippen LogP contribution < -0.4 is 4.90 Å². The Bertz CT molecular complexity index is 717. The molecule has 1 aliphatic rings. The van der Waals surface area contributed by atoms with Gasteiger partial charge in [0.05, 0.1) is 17.4 Å². The molecule has 1 aromatic carbocycles. The second-order valence-corrected chi connectivity index (χ2v) is 9.23. The van der Waals surface area contributed by atoms with Crippen molar-refractivity contribution in [2.75, 3.05) is 24.6 Å². The van der Waals surface area contributed by atoms with Crippen LogP contribution in [-0.2, 0) is 9.53 Å². The maximum absolute atomic E-state index is 12.3. The predicted octanol–water partition coefficient (Wildman–Crippen LogP) is 5.02. The molecule has 2 rings (SSSR count). The van der Waals surface area contributed by atoms with Crippen molar-refractivity contribution < 1.29 is 14.5 Å². The summed E-state index contributed by atoms with van der Waals surface area (Å²) in [5.41, 5.74) is 1.36. The van der Waals surface area contributed by atoms with Crippen LogP contribution in [0.5, 0.6) is 0 Å². The third-order valence-electron chi connectivity index (χ3n) is 5.43. The number of benzene rings is 1. The molecule has 0 N–H and O–H groups in total. The standard InChI is InChI=1S/C22H34N2O4/c1-8-28-21(25)20-19(22(20,6)7)16-9-10-17(18(11-16)24(26)27)23(12-14(2)3)13-15(4)5/h9-11,14-15,19-20H,8,12-13H2,1-7H3/t19-,20+/m0/s1. The van der Waals surface area contributed by atoms with E-state index in [2.05, 4.69) is 32.6 Å². The van der Waals surface area contributed by atoms with E-state index in [0.29, 0.717) is 24.1 Å². The highest BCUT2D eigenvalue weighted by Gasteiger charge is 2.63. The van der Waals surface area contributed by atoms with Crippen LogP contribution >= 0.6 is 0 Å². The summed E-state index contributed by atoms with van der Waals surface area (Å²) in [4.78, 5) is 25.9. The van der Waals surface area contributed by atoms with Gasteiger partial charge in [0.15, 0.2) is 0 Å². The van der Waals surface area contributed by atoms with E-state index in [4.69, 9.17) is 4.74 Å². The van der Waals surface area contributed by atoms with Crippen LogP contribution in [0.1, 0.15) is 59.9 Å². The molecule has 0 amide bonds. The zero-order chi connectivity index (χ0) is 21.2. The monoisotopic (exact) mass is 390 g/mol. The number of anilines is 1. The van der Waals surface area contributed by atoms with Crippen molar-refractivity contribution in [1.82, 2.24) is 0 Å². The highest BCUT2D eigenvalue weighted by molar-refractivity contribution is 5.80. The first-order valence-electron chi connectivity index (χ1n) is 10.2. The van der Waals surface area contributed by atoms with Crippen molar-refractivity contribution in [1.29, 1.82) is 0 Å². The minimum Gasteiger partial charge on any atom is -0.466 e. The molecule has 1 aromatic rings. The fourth-order valence-corrected chi connectivity index (χ4v) is 4.23. The molecule has 0 bridgehead atoms. The van der Waals surface area contributed by atoms with Crippen molar-refractivity contribution in [3.8, 4) is 0 Å². The van der Waals surface area contributed by atoms with Crippen LogP contribution in [0.25, 0.3) is 0 Å². The van der Waals surface area contributed by atoms with E-state index >= 15 is 0 Å². The molecule has 0 radical (unpaired) electrons. The summed E-state index contributed by atoms with van der Waals surface area (Å²) in [6, 6.07) is 5.46. The number of nitro groups is 1. The quantitative estimate of drug-likeness (QED) is 0.336. The van der Waals surface area contributed by atoms with E-state index in [1.165, 1.54) is 0 Å². The Morgan fingerprint density at radius 2 is 1.79 bits per heavy atom. The zero-order valence-electron chi connectivity index (χ0n) is 18.2. The SMILES string of the molecule is CCOC(=O)[C@H]1[C@H](c2ccc(N(CC(C)C)CC(C)C)c([N+](=O)[O-])c2)C1(C)C. The number of carbonyl (C=O) groups excluding carboxylic acids is 1. The average molecular weight is 391 g/mol. The smallest absolute Gasteiger partial charge is 0.310 e. The summed E-state index contributed by atoms with van der Waals surface area (Å²) in [5.74, 6) is 0.274. The summed E-state index contributed by atoms with van der Waals surface area (Å²) in [6.07, 6.45) is 0. The number of carbonyl (C=O) groups is 1. The van der Waals surface area contributed by atoms with Gasteiger partial charge in [0.25, 0.3) is 5.69 Å². The Morgan fingerprint density at radius 1 is 1.21 bits per heavy atom. The molecular formula is C22H34N2O4. The van der Waals surface area contributed by atoms with Crippen LogP contribution in [0.4, 0.5) is 11.4 Å². The molecule has 1 fully saturated rings. The van der Waals surface area contributed by atoms with Crippen molar-refractivity contribution in [2.45, 2.75) is 54.4 Å². The summed E-state index contributed by atoms with van der Waals surface area (Å²) >= 11 is 0. The summed E-state index contributed by atoms with van der Waals surface area (Å²) in [5, 5.41) is 11.9. The molecule has 2 atom stereocenters. The van der Waals surface area contributed by atoms with Gasteiger partial charge < -0.3 is 9.64 Å². The van der Waals surface area contributed by atoms with Crippen LogP contribution in [-0.4, -0.2) is 30.6 Å². The van der Waals surface area contributed by atoms with E-state index in [1.807, 2.05) is 26.0 Å². The first-order chi connectivity index (χ1) is 13.0. The molecule has 1 saturated carbocycles. The molecule has 0 spiro atoms. The molecule has 6 heteroatoms. The lowest BCUT2D eigenvalue weighted by Gasteiger charge is -2.28. The number of rotatable bonds is 9. The van der Waals surface area contributed by atoms with Crippen LogP contribution in [0, 0.1) is 33.3 Å². The first kappa shape index (κ1) is 22.2. The molecule has 0 aromatic heterocycles. The summed E-state index contributed by atoms with van der Waals surface area (Å²) in [6.45, 7) is 16.2. The maximum atomic E-state index is 12.3. The first-order valence-corrected chi connectivity index (χ1v) is 10.2. The summed E-state index contributed by atoms with van der Waals surface area (Å²) < 4.78 is 5.20. The largest absolute Gasteiger partial charge is 0.466 e. The molecule has 0 heterocycles. The molecule has 6 nitrogen and oxygen atoms in total. The Hall–Kier alpha value is -2.11. The topological polar surface area (TPSA) is 72.7 Å². The van der Waals surface area contributed by atoms with Gasteiger partial charge in [0, 0.05) is 25.1 Å². The zero-order valence-corrected chi connectivity index (χ0v) is 18.2. The second kappa shape index (κ2) is 8.50. The molecule has 0 aliphatic heterocycles. The predicted molar refractivity (Wildman–Crippen MR) is 112 cm³/mol. The maximum Gasteiger partial charge on any atom is 0.310 e. The van der Waals surface area contributed by atoms with Gasteiger partial charge in [-0.3, -0.25) is 14.9 Å². The van der Waals surface area contributed by atoms with E-state index in [9.17, 15) is 14.9 Å². The normalized spacial score (nSPS) is 20.3.